The minimum atomic E-state index is -0.470. The Bertz CT molecular complexity index is 760. The summed E-state index contributed by atoms with van der Waals surface area (Å²) in [7, 11) is 0. The van der Waals surface area contributed by atoms with Gasteiger partial charge in [-0.3, -0.25) is 4.79 Å². The number of nitrogens with zero attached hydrogens (tertiary/aromatic N) is 1. The number of hydrogen-bond donors (Lipinski definition) is 1. The van der Waals surface area contributed by atoms with Crippen molar-refractivity contribution in [2.45, 2.75) is 50.6 Å². The fourth-order valence-corrected chi connectivity index (χ4v) is 5.54. The molecule has 0 aromatic heterocycles. The SMILES string of the molecule is CCN(C(=O)[C@@H](N)Cc1ccccc1)C1C2CCC(C2)C1c1ccccc1. The predicted molar refractivity (Wildman–Crippen MR) is 109 cm³/mol. The van der Waals surface area contributed by atoms with E-state index in [0.717, 1.165) is 12.1 Å². The zero-order valence-electron chi connectivity index (χ0n) is 16.1. The number of benzene rings is 2. The van der Waals surface area contributed by atoms with Crippen LogP contribution in [0, 0.1) is 11.8 Å². The Hall–Kier alpha value is -2.13. The van der Waals surface area contributed by atoms with Crippen LogP contribution in [0.15, 0.2) is 60.7 Å². The molecule has 0 aliphatic heterocycles. The maximum Gasteiger partial charge on any atom is 0.240 e. The van der Waals surface area contributed by atoms with E-state index >= 15 is 0 Å². The molecule has 2 aliphatic carbocycles. The molecule has 4 unspecified atom stereocenters. The third-order valence-electron chi connectivity index (χ3n) is 6.66. The number of likely N-dealkylation sites (N-methyl/N-ethyl adjacent to an activating group) is 1. The molecule has 1 amide bonds. The van der Waals surface area contributed by atoms with Gasteiger partial charge in [0, 0.05) is 18.5 Å². The van der Waals surface area contributed by atoms with E-state index in [2.05, 4.69) is 42.2 Å². The number of nitrogens with two attached hydrogens (primary N) is 1. The van der Waals surface area contributed by atoms with E-state index in [1.807, 2.05) is 30.3 Å². The van der Waals surface area contributed by atoms with Gasteiger partial charge in [-0.25, -0.2) is 0 Å². The van der Waals surface area contributed by atoms with E-state index in [-0.39, 0.29) is 5.91 Å². The average Bonchev–Trinajstić information content (AvgIpc) is 3.32. The lowest BCUT2D eigenvalue weighted by molar-refractivity contribution is -0.136. The molecule has 3 heteroatoms. The average molecular weight is 363 g/mol. The van der Waals surface area contributed by atoms with E-state index in [0.29, 0.717) is 30.2 Å². The molecule has 5 atom stereocenters. The summed E-state index contributed by atoms with van der Waals surface area (Å²) in [5, 5.41) is 0. The first-order valence-electron chi connectivity index (χ1n) is 10.3. The molecule has 0 radical (unpaired) electrons. The Morgan fingerprint density at radius 2 is 1.67 bits per heavy atom. The first-order valence-corrected chi connectivity index (χ1v) is 10.3. The second kappa shape index (κ2) is 7.85. The van der Waals surface area contributed by atoms with Gasteiger partial charge in [0.1, 0.15) is 0 Å². The minimum Gasteiger partial charge on any atom is -0.338 e. The van der Waals surface area contributed by atoms with Crippen molar-refractivity contribution in [3.63, 3.8) is 0 Å². The van der Waals surface area contributed by atoms with Crippen LogP contribution in [0.2, 0.25) is 0 Å². The van der Waals surface area contributed by atoms with Crippen LogP contribution in [0.5, 0.6) is 0 Å². The molecule has 0 saturated heterocycles. The lowest BCUT2D eigenvalue weighted by Gasteiger charge is -2.40. The molecule has 0 heterocycles. The largest absolute Gasteiger partial charge is 0.338 e. The highest BCUT2D eigenvalue weighted by Crippen LogP contribution is 2.54. The number of carbonyl (C=O) groups is 1. The molecule has 2 N–H and O–H groups in total. The van der Waals surface area contributed by atoms with Crippen LogP contribution in [-0.2, 0) is 11.2 Å². The molecule has 3 nitrogen and oxygen atoms in total. The summed E-state index contributed by atoms with van der Waals surface area (Å²) in [6.07, 6.45) is 4.40. The van der Waals surface area contributed by atoms with Crippen LogP contribution in [0.3, 0.4) is 0 Å². The van der Waals surface area contributed by atoms with Crippen LogP contribution in [0.1, 0.15) is 43.2 Å². The number of carbonyl (C=O) groups excluding carboxylic acids is 1. The Kier molecular flexibility index (Phi) is 5.31. The maximum absolute atomic E-state index is 13.3. The van der Waals surface area contributed by atoms with Gasteiger partial charge in [0.15, 0.2) is 0 Å². The normalized spacial score (nSPS) is 27.5. The number of fused-ring (bicyclic) bond motifs is 2. The first kappa shape index (κ1) is 18.2. The van der Waals surface area contributed by atoms with Crippen molar-refractivity contribution < 1.29 is 4.79 Å². The third-order valence-corrected chi connectivity index (χ3v) is 6.66. The van der Waals surface area contributed by atoms with Crippen LogP contribution in [0.4, 0.5) is 0 Å². The monoisotopic (exact) mass is 362 g/mol. The zero-order chi connectivity index (χ0) is 18.8. The molecule has 2 aromatic carbocycles. The Labute approximate surface area is 162 Å². The van der Waals surface area contributed by atoms with Gasteiger partial charge in [-0.2, -0.15) is 0 Å². The van der Waals surface area contributed by atoms with Gasteiger partial charge in [-0.1, -0.05) is 60.7 Å². The smallest absolute Gasteiger partial charge is 0.240 e. The highest BCUT2D eigenvalue weighted by molar-refractivity contribution is 5.82. The summed E-state index contributed by atoms with van der Waals surface area (Å²) < 4.78 is 0. The Balaban J connectivity index is 1.56. The molecule has 4 rings (SSSR count). The van der Waals surface area contributed by atoms with Crippen molar-refractivity contribution in [3.8, 4) is 0 Å². The number of rotatable bonds is 6. The van der Waals surface area contributed by atoms with Crippen LogP contribution >= 0.6 is 0 Å². The summed E-state index contributed by atoms with van der Waals surface area (Å²) in [4.78, 5) is 15.4. The fraction of sp³-hybridized carbons (Fsp3) is 0.458. The van der Waals surface area contributed by atoms with E-state index in [9.17, 15) is 4.79 Å². The lowest BCUT2D eigenvalue weighted by atomic mass is 9.78. The molecule has 142 valence electrons. The van der Waals surface area contributed by atoms with Crippen molar-refractivity contribution in [2.75, 3.05) is 6.54 Å². The van der Waals surface area contributed by atoms with E-state index in [4.69, 9.17) is 5.73 Å². The molecule has 2 aromatic rings. The van der Waals surface area contributed by atoms with Crippen molar-refractivity contribution in [3.05, 3.63) is 71.8 Å². The molecule has 2 bridgehead atoms. The van der Waals surface area contributed by atoms with Crippen LogP contribution in [-0.4, -0.2) is 29.4 Å². The van der Waals surface area contributed by atoms with Crippen molar-refractivity contribution in [2.24, 2.45) is 17.6 Å². The summed E-state index contributed by atoms with van der Waals surface area (Å²) in [5.74, 6) is 1.89. The minimum absolute atomic E-state index is 0.111. The second-order valence-corrected chi connectivity index (χ2v) is 8.18. The summed E-state index contributed by atoms with van der Waals surface area (Å²) >= 11 is 0. The van der Waals surface area contributed by atoms with E-state index in [1.165, 1.54) is 24.8 Å². The van der Waals surface area contributed by atoms with Crippen LogP contribution < -0.4 is 5.73 Å². The number of hydrogen-bond acceptors (Lipinski definition) is 2. The van der Waals surface area contributed by atoms with Gasteiger partial charge < -0.3 is 10.6 Å². The van der Waals surface area contributed by atoms with Gasteiger partial charge in [0.25, 0.3) is 0 Å². The molecule has 2 fully saturated rings. The fourth-order valence-electron chi connectivity index (χ4n) is 5.54. The number of amides is 1. The van der Waals surface area contributed by atoms with E-state index < -0.39 is 6.04 Å². The van der Waals surface area contributed by atoms with Gasteiger partial charge in [0.05, 0.1) is 6.04 Å². The quantitative estimate of drug-likeness (QED) is 0.845. The third kappa shape index (κ3) is 3.53. The maximum atomic E-state index is 13.3. The predicted octanol–water partition coefficient (Wildman–Crippen LogP) is 3.99. The summed E-state index contributed by atoms with van der Waals surface area (Å²) in [6.45, 7) is 2.83. The van der Waals surface area contributed by atoms with Gasteiger partial charge in [-0.15, -0.1) is 0 Å². The Morgan fingerprint density at radius 1 is 1.04 bits per heavy atom. The highest BCUT2D eigenvalue weighted by atomic mass is 16.2. The molecular weight excluding hydrogens is 332 g/mol. The lowest BCUT2D eigenvalue weighted by Crippen LogP contribution is -2.53. The van der Waals surface area contributed by atoms with Gasteiger partial charge >= 0.3 is 0 Å². The summed E-state index contributed by atoms with van der Waals surface area (Å²) in [6, 6.07) is 20.7. The molecule has 2 saturated carbocycles. The zero-order valence-corrected chi connectivity index (χ0v) is 16.1. The van der Waals surface area contributed by atoms with Crippen molar-refractivity contribution in [1.82, 2.24) is 4.90 Å². The van der Waals surface area contributed by atoms with Crippen molar-refractivity contribution >= 4 is 5.91 Å². The van der Waals surface area contributed by atoms with E-state index in [1.54, 1.807) is 0 Å². The van der Waals surface area contributed by atoms with Crippen LogP contribution in [0.25, 0.3) is 0 Å². The molecule has 2 aliphatic rings. The topological polar surface area (TPSA) is 46.3 Å². The Morgan fingerprint density at radius 3 is 2.33 bits per heavy atom. The molecular formula is C24H30N2O. The van der Waals surface area contributed by atoms with Gasteiger partial charge in [0.2, 0.25) is 5.91 Å². The standard InChI is InChI=1S/C24H30N2O/c1-2-26(24(27)21(25)15-17-9-5-3-6-10-17)23-20-14-13-19(16-20)22(23)18-11-7-4-8-12-18/h3-12,19-23H,2,13-16,25H2,1H3/t19?,20?,21-,22?,23?/m0/s1. The second-order valence-electron chi connectivity index (χ2n) is 8.18. The molecule has 27 heavy (non-hydrogen) atoms. The van der Waals surface area contributed by atoms with Gasteiger partial charge in [-0.05, 0) is 55.6 Å². The molecule has 0 spiro atoms. The van der Waals surface area contributed by atoms with Crippen molar-refractivity contribution in [1.29, 1.82) is 0 Å². The highest BCUT2D eigenvalue weighted by Gasteiger charge is 2.51. The summed E-state index contributed by atoms with van der Waals surface area (Å²) in [5.41, 5.74) is 8.90. The first-order chi connectivity index (χ1) is 13.2.